The van der Waals surface area contributed by atoms with Crippen molar-refractivity contribution in [2.24, 2.45) is 5.41 Å². The number of ether oxygens (including phenoxy) is 2. The van der Waals surface area contributed by atoms with Gasteiger partial charge < -0.3 is 14.6 Å². The third-order valence-corrected chi connectivity index (χ3v) is 7.45. The largest absolute Gasteiger partial charge is 0.497 e. The van der Waals surface area contributed by atoms with E-state index < -0.39 is 41.5 Å². The minimum Gasteiger partial charge on any atom is -0.497 e. The number of nitrogens with zero attached hydrogens (tertiary/aromatic N) is 2. The molecule has 1 aliphatic heterocycles. The number of aliphatic hydroxyl groups is 1. The molecular formula is C28H31F5N2O3. The highest BCUT2D eigenvalue weighted by molar-refractivity contribution is 5.85. The number of fused-ring (bicyclic) bond motifs is 1. The number of alkyl halides is 2. The molecule has 0 bridgehead atoms. The van der Waals surface area contributed by atoms with E-state index in [-0.39, 0.29) is 30.8 Å². The fraction of sp³-hybridized carbons (Fsp3) is 0.464. The van der Waals surface area contributed by atoms with E-state index in [9.17, 15) is 22.7 Å². The summed E-state index contributed by atoms with van der Waals surface area (Å²) in [6.45, 7) is 0.596. The standard InChI is InChI=1S/C28H31F5N2O3/c1-37-20-2-3-25-21(14-20)26(18(15-29)16-34-25)22(31)4-5-28(17-36)6-8-35(9-7-28)10-11-38-27-23(32)12-19(30)13-24(27)33/h2-3,12-14,16,22,36H,4-11,15,17H2,1H3. The van der Waals surface area contributed by atoms with Crippen molar-refractivity contribution in [1.82, 2.24) is 9.88 Å². The average Bonchev–Trinajstić information content (AvgIpc) is 2.92. The second-order valence-corrected chi connectivity index (χ2v) is 9.77. The van der Waals surface area contributed by atoms with Gasteiger partial charge in [-0.05, 0) is 62.4 Å². The highest BCUT2D eigenvalue weighted by Gasteiger charge is 2.35. The van der Waals surface area contributed by atoms with Crippen LogP contribution in [0.3, 0.4) is 0 Å². The Balaban J connectivity index is 1.35. The van der Waals surface area contributed by atoms with Crippen molar-refractivity contribution >= 4 is 10.9 Å². The number of rotatable bonds is 11. The van der Waals surface area contributed by atoms with Crippen LogP contribution in [0.15, 0.2) is 36.5 Å². The van der Waals surface area contributed by atoms with Crippen molar-refractivity contribution in [2.75, 3.05) is 40.0 Å². The van der Waals surface area contributed by atoms with Crippen LogP contribution in [-0.4, -0.2) is 54.9 Å². The molecule has 2 aromatic carbocycles. The summed E-state index contributed by atoms with van der Waals surface area (Å²) in [6, 6.07) is 6.22. The number of likely N-dealkylation sites (tertiary alicyclic amines) is 1. The van der Waals surface area contributed by atoms with Crippen LogP contribution >= 0.6 is 0 Å². The number of hydrogen-bond donors (Lipinski definition) is 1. The van der Waals surface area contributed by atoms with Crippen molar-refractivity contribution in [3.63, 3.8) is 0 Å². The lowest BCUT2D eigenvalue weighted by molar-refractivity contribution is 0.0262. The van der Waals surface area contributed by atoms with E-state index in [2.05, 4.69) is 4.98 Å². The molecule has 1 unspecified atom stereocenters. The van der Waals surface area contributed by atoms with Gasteiger partial charge in [0.05, 0.1) is 12.6 Å². The van der Waals surface area contributed by atoms with Gasteiger partial charge in [-0.15, -0.1) is 0 Å². The molecule has 4 rings (SSSR count). The molecule has 1 aromatic heterocycles. The molecular weight excluding hydrogens is 507 g/mol. The maximum atomic E-state index is 15.7. The molecule has 1 saturated heterocycles. The fourth-order valence-corrected chi connectivity index (χ4v) is 5.10. The Hall–Kier alpha value is -2.98. The van der Waals surface area contributed by atoms with Crippen LogP contribution in [0.25, 0.3) is 10.9 Å². The molecule has 206 valence electrons. The highest BCUT2D eigenvalue weighted by Crippen LogP contribution is 2.41. The second-order valence-electron chi connectivity index (χ2n) is 9.77. The van der Waals surface area contributed by atoms with Gasteiger partial charge in [-0.1, -0.05) is 0 Å². The van der Waals surface area contributed by atoms with Crippen molar-refractivity contribution in [3.8, 4) is 11.5 Å². The molecule has 2 heterocycles. The van der Waals surface area contributed by atoms with E-state index in [1.807, 2.05) is 4.90 Å². The zero-order chi connectivity index (χ0) is 27.3. The minimum absolute atomic E-state index is 0.00272. The van der Waals surface area contributed by atoms with Gasteiger partial charge in [0.25, 0.3) is 0 Å². The smallest absolute Gasteiger partial charge is 0.190 e. The first-order valence-corrected chi connectivity index (χ1v) is 12.6. The third kappa shape index (κ3) is 6.18. The number of halogens is 5. The number of methoxy groups -OCH3 is 1. The summed E-state index contributed by atoms with van der Waals surface area (Å²) in [4.78, 5) is 6.27. The van der Waals surface area contributed by atoms with Crippen LogP contribution < -0.4 is 9.47 Å². The first-order valence-electron chi connectivity index (χ1n) is 12.6. The summed E-state index contributed by atoms with van der Waals surface area (Å²) in [5, 5.41) is 10.7. The Morgan fingerprint density at radius 1 is 1.11 bits per heavy atom. The third-order valence-electron chi connectivity index (χ3n) is 7.45. The van der Waals surface area contributed by atoms with Crippen LogP contribution in [0.2, 0.25) is 0 Å². The van der Waals surface area contributed by atoms with E-state index in [0.29, 0.717) is 67.7 Å². The van der Waals surface area contributed by atoms with Gasteiger partial charge in [0.1, 0.15) is 31.0 Å². The van der Waals surface area contributed by atoms with Gasteiger partial charge in [-0.25, -0.2) is 22.0 Å². The molecule has 1 atom stereocenters. The van der Waals surface area contributed by atoms with Crippen molar-refractivity contribution in [2.45, 2.75) is 38.5 Å². The number of piperidine rings is 1. The zero-order valence-corrected chi connectivity index (χ0v) is 21.2. The normalized spacial score (nSPS) is 16.5. The predicted octanol–water partition coefficient (Wildman–Crippen LogP) is 6.07. The number of pyridine rings is 1. The average molecular weight is 539 g/mol. The molecule has 0 aliphatic carbocycles. The summed E-state index contributed by atoms with van der Waals surface area (Å²) < 4.78 is 80.5. The summed E-state index contributed by atoms with van der Waals surface area (Å²) in [7, 11) is 1.50. The maximum Gasteiger partial charge on any atom is 0.190 e. The predicted molar refractivity (Wildman–Crippen MR) is 133 cm³/mol. The summed E-state index contributed by atoms with van der Waals surface area (Å²) >= 11 is 0. The van der Waals surface area contributed by atoms with Crippen LogP contribution in [-0.2, 0) is 6.67 Å². The number of hydrogen-bond acceptors (Lipinski definition) is 5. The lowest BCUT2D eigenvalue weighted by Crippen LogP contribution is -2.43. The fourth-order valence-electron chi connectivity index (χ4n) is 5.10. The monoisotopic (exact) mass is 538 g/mol. The van der Waals surface area contributed by atoms with Crippen molar-refractivity contribution in [3.05, 3.63) is 65.1 Å². The molecule has 10 heteroatoms. The Morgan fingerprint density at radius 2 is 1.82 bits per heavy atom. The molecule has 3 aromatic rings. The van der Waals surface area contributed by atoms with Gasteiger partial charge in [0.15, 0.2) is 17.4 Å². The lowest BCUT2D eigenvalue weighted by Gasteiger charge is -2.41. The lowest BCUT2D eigenvalue weighted by atomic mass is 9.74. The van der Waals surface area contributed by atoms with Gasteiger partial charge in [-0.2, -0.15) is 0 Å². The van der Waals surface area contributed by atoms with Crippen LogP contribution in [0.1, 0.15) is 43.0 Å². The molecule has 0 radical (unpaired) electrons. The number of benzene rings is 2. The summed E-state index contributed by atoms with van der Waals surface area (Å²) in [5.41, 5.74) is 0.515. The molecule has 0 saturated carbocycles. The molecule has 0 spiro atoms. The SMILES string of the molecule is COc1ccc2ncc(CF)c(C(F)CCC3(CO)CCN(CCOc4c(F)cc(F)cc4F)CC3)c2c1. The van der Waals surface area contributed by atoms with Crippen LogP contribution in [0.4, 0.5) is 22.0 Å². The van der Waals surface area contributed by atoms with Gasteiger partial charge in [0.2, 0.25) is 0 Å². The number of aliphatic hydroxyl groups excluding tert-OH is 1. The van der Waals surface area contributed by atoms with E-state index in [4.69, 9.17) is 9.47 Å². The van der Waals surface area contributed by atoms with Crippen molar-refractivity contribution in [1.29, 1.82) is 0 Å². The first-order chi connectivity index (χ1) is 18.3. The van der Waals surface area contributed by atoms with E-state index in [0.717, 1.165) is 0 Å². The summed E-state index contributed by atoms with van der Waals surface area (Å²) in [5.74, 6) is -3.31. The molecule has 38 heavy (non-hydrogen) atoms. The highest BCUT2D eigenvalue weighted by atomic mass is 19.2. The Bertz CT molecular complexity index is 1220. The molecule has 5 nitrogen and oxygen atoms in total. The van der Waals surface area contributed by atoms with E-state index >= 15 is 4.39 Å². The second kappa shape index (κ2) is 12.3. The van der Waals surface area contributed by atoms with Crippen LogP contribution in [0, 0.1) is 22.9 Å². The Morgan fingerprint density at radius 3 is 2.45 bits per heavy atom. The van der Waals surface area contributed by atoms with E-state index in [1.165, 1.54) is 13.3 Å². The molecule has 0 amide bonds. The topological polar surface area (TPSA) is 54.8 Å². The first kappa shape index (κ1) is 28.0. The van der Waals surface area contributed by atoms with Gasteiger partial charge >= 0.3 is 0 Å². The zero-order valence-electron chi connectivity index (χ0n) is 21.2. The Labute approximate surface area is 218 Å². The van der Waals surface area contributed by atoms with Gasteiger partial charge in [-0.3, -0.25) is 9.88 Å². The quantitative estimate of drug-likeness (QED) is 0.300. The Kier molecular flexibility index (Phi) is 9.04. The van der Waals surface area contributed by atoms with Gasteiger partial charge in [0, 0.05) is 48.0 Å². The maximum absolute atomic E-state index is 15.7. The minimum atomic E-state index is -1.45. The summed E-state index contributed by atoms with van der Waals surface area (Å²) in [6.07, 6.45) is 1.61. The van der Waals surface area contributed by atoms with Crippen molar-refractivity contribution < 1.29 is 36.5 Å². The molecule has 1 fully saturated rings. The van der Waals surface area contributed by atoms with E-state index in [1.54, 1.807) is 18.2 Å². The molecule has 1 N–H and O–H groups in total. The number of aromatic nitrogens is 1. The molecule has 1 aliphatic rings. The van der Waals surface area contributed by atoms with Crippen LogP contribution in [0.5, 0.6) is 11.5 Å².